The third-order valence-corrected chi connectivity index (χ3v) is 2.70. The van der Waals surface area contributed by atoms with E-state index in [1.807, 2.05) is 0 Å². The standard InChI is InChI=1S/C13H18F3NO2.ClH/c1-12(2,3)11(18)10(17)8-5-4-6-9(7-8)19-13(14,15)16;/h4-7,10-11,18H,17H2,1-3H3;1H/t10-,11-;/m0./s1. The molecule has 20 heavy (non-hydrogen) atoms. The van der Waals surface area contributed by atoms with Gasteiger partial charge in [0.05, 0.1) is 12.1 Å². The largest absolute Gasteiger partial charge is 0.573 e. The van der Waals surface area contributed by atoms with Crippen LogP contribution >= 0.6 is 12.4 Å². The fourth-order valence-electron chi connectivity index (χ4n) is 1.64. The molecule has 0 aliphatic heterocycles. The van der Waals surface area contributed by atoms with Crippen molar-refractivity contribution in [1.82, 2.24) is 0 Å². The van der Waals surface area contributed by atoms with Crippen LogP contribution in [0.1, 0.15) is 32.4 Å². The first-order valence-corrected chi connectivity index (χ1v) is 5.80. The molecular formula is C13H19ClF3NO2. The predicted octanol–water partition coefficient (Wildman–Crippen LogP) is 3.41. The lowest BCUT2D eigenvalue weighted by molar-refractivity contribution is -0.274. The Morgan fingerprint density at radius 3 is 2.20 bits per heavy atom. The van der Waals surface area contributed by atoms with Gasteiger partial charge in [-0.05, 0) is 23.1 Å². The number of aliphatic hydroxyl groups excluding tert-OH is 1. The lowest BCUT2D eigenvalue weighted by Crippen LogP contribution is -2.37. The van der Waals surface area contributed by atoms with E-state index < -0.39 is 23.9 Å². The monoisotopic (exact) mass is 313 g/mol. The van der Waals surface area contributed by atoms with Crippen molar-refractivity contribution >= 4 is 12.4 Å². The molecule has 0 aliphatic rings. The van der Waals surface area contributed by atoms with Gasteiger partial charge in [0.2, 0.25) is 0 Å². The number of hydrogen-bond acceptors (Lipinski definition) is 3. The van der Waals surface area contributed by atoms with Crippen molar-refractivity contribution in [3.63, 3.8) is 0 Å². The van der Waals surface area contributed by atoms with Crippen molar-refractivity contribution in [2.24, 2.45) is 11.1 Å². The Morgan fingerprint density at radius 2 is 1.75 bits per heavy atom. The Kier molecular flexibility index (Phi) is 6.32. The summed E-state index contributed by atoms with van der Waals surface area (Å²) >= 11 is 0. The van der Waals surface area contributed by atoms with Gasteiger partial charge in [0.25, 0.3) is 0 Å². The molecule has 1 aromatic rings. The Hall–Kier alpha value is -0.980. The number of benzene rings is 1. The maximum atomic E-state index is 12.1. The SMILES string of the molecule is CC(C)(C)[C@@H](O)[C@@H](N)c1cccc(OC(F)(F)F)c1.Cl. The molecule has 2 atom stereocenters. The molecule has 0 spiro atoms. The van der Waals surface area contributed by atoms with Crippen LogP contribution in [-0.2, 0) is 0 Å². The molecule has 7 heteroatoms. The zero-order valence-electron chi connectivity index (χ0n) is 11.4. The van der Waals surface area contributed by atoms with Gasteiger partial charge in [-0.1, -0.05) is 32.9 Å². The normalized spacial score (nSPS) is 15.2. The van der Waals surface area contributed by atoms with Crippen LogP contribution in [0.4, 0.5) is 13.2 Å². The third kappa shape index (κ3) is 5.56. The first kappa shape index (κ1) is 19.0. The maximum Gasteiger partial charge on any atom is 0.573 e. The van der Waals surface area contributed by atoms with Gasteiger partial charge in [0.15, 0.2) is 0 Å². The number of ether oxygens (including phenoxy) is 1. The van der Waals surface area contributed by atoms with E-state index >= 15 is 0 Å². The van der Waals surface area contributed by atoms with Crippen LogP contribution in [0.2, 0.25) is 0 Å². The van der Waals surface area contributed by atoms with E-state index in [0.29, 0.717) is 5.56 Å². The molecule has 0 heterocycles. The van der Waals surface area contributed by atoms with Gasteiger partial charge in [-0.15, -0.1) is 25.6 Å². The minimum absolute atomic E-state index is 0. The van der Waals surface area contributed by atoms with E-state index in [9.17, 15) is 18.3 Å². The van der Waals surface area contributed by atoms with Crippen molar-refractivity contribution in [2.75, 3.05) is 0 Å². The first-order chi connectivity index (χ1) is 8.50. The molecule has 0 aliphatic carbocycles. The summed E-state index contributed by atoms with van der Waals surface area (Å²) in [7, 11) is 0. The summed E-state index contributed by atoms with van der Waals surface area (Å²) in [4.78, 5) is 0. The molecule has 116 valence electrons. The summed E-state index contributed by atoms with van der Waals surface area (Å²) in [6.07, 6.45) is -5.63. The van der Waals surface area contributed by atoms with Gasteiger partial charge in [-0.2, -0.15) is 0 Å². The van der Waals surface area contributed by atoms with E-state index in [1.165, 1.54) is 18.2 Å². The quantitative estimate of drug-likeness (QED) is 0.899. The van der Waals surface area contributed by atoms with Gasteiger partial charge in [0, 0.05) is 0 Å². The molecular weight excluding hydrogens is 295 g/mol. The molecule has 0 radical (unpaired) electrons. The second-order valence-corrected chi connectivity index (χ2v) is 5.46. The van der Waals surface area contributed by atoms with Gasteiger partial charge >= 0.3 is 6.36 Å². The summed E-state index contributed by atoms with van der Waals surface area (Å²) in [5.41, 5.74) is 5.79. The predicted molar refractivity (Wildman–Crippen MR) is 72.8 cm³/mol. The Bertz CT molecular complexity index is 432. The molecule has 0 aromatic heterocycles. The highest BCUT2D eigenvalue weighted by Crippen LogP contribution is 2.31. The number of rotatable bonds is 3. The lowest BCUT2D eigenvalue weighted by atomic mass is 9.82. The fourth-order valence-corrected chi connectivity index (χ4v) is 1.64. The van der Waals surface area contributed by atoms with Gasteiger partial charge in [-0.25, -0.2) is 0 Å². The van der Waals surface area contributed by atoms with Crippen molar-refractivity contribution in [1.29, 1.82) is 0 Å². The number of aliphatic hydroxyl groups is 1. The topological polar surface area (TPSA) is 55.5 Å². The molecule has 1 rings (SSSR count). The molecule has 3 nitrogen and oxygen atoms in total. The van der Waals surface area contributed by atoms with E-state index in [-0.39, 0.29) is 18.2 Å². The molecule has 3 N–H and O–H groups in total. The van der Waals surface area contributed by atoms with Crippen LogP contribution in [0, 0.1) is 5.41 Å². The molecule has 0 saturated heterocycles. The van der Waals surface area contributed by atoms with E-state index in [2.05, 4.69) is 4.74 Å². The van der Waals surface area contributed by atoms with Gasteiger partial charge in [0.1, 0.15) is 5.75 Å². The molecule has 0 bridgehead atoms. The summed E-state index contributed by atoms with van der Waals surface area (Å²) < 4.78 is 40.2. The second-order valence-electron chi connectivity index (χ2n) is 5.46. The smallest absolute Gasteiger partial charge is 0.406 e. The molecule has 0 amide bonds. The Balaban J connectivity index is 0.00000361. The summed E-state index contributed by atoms with van der Waals surface area (Å²) in [6, 6.07) is 4.56. The Labute approximate surface area is 122 Å². The summed E-state index contributed by atoms with van der Waals surface area (Å²) in [5, 5.41) is 10.0. The summed E-state index contributed by atoms with van der Waals surface area (Å²) in [6.45, 7) is 5.40. The molecule has 0 saturated carbocycles. The molecule has 1 aromatic carbocycles. The fraction of sp³-hybridized carbons (Fsp3) is 0.538. The zero-order valence-corrected chi connectivity index (χ0v) is 12.3. The number of nitrogens with two attached hydrogens (primary N) is 1. The highest BCUT2D eigenvalue weighted by Gasteiger charge is 2.32. The van der Waals surface area contributed by atoms with Crippen LogP contribution in [0.3, 0.4) is 0 Å². The van der Waals surface area contributed by atoms with Gasteiger partial charge in [-0.3, -0.25) is 0 Å². The minimum atomic E-state index is -4.74. The average Bonchev–Trinajstić information content (AvgIpc) is 2.23. The average molecular weight is 314 g/mol. The number of halogens is 4. The molecule has 0 fully saturated rings. The third-order valence-electron chi connectivity index (χ3n) is 2.70. The lowest BCUT2D eigenvalue weighted by Gasteiger charge is -2.31. The minimum Gasteiger partial charge on any atom is -0.406 e. The van der Waals surface area contributed by atoms with Crippen LogP contribution in [0.5, 0.6) is 5.75 Å². The van der Waals surface area contributed by atoms with Crippen molar-refractivity contribution in [3.05, 3.63) is 29.8 Å². The van der Waals surface area contributed by atoms with Crippen LogP contribution in [0.15, 0.2) is 24.3 Å². The molecule has 0 unspecified atom stereocenters. The van der Waals surface area contributed by atoms with Crippen molar-refractivity contribution in [3.8, 4) is 5.75 Å². The van der Waals surface area contributed by atoms with Crippen molar-refractivity contribution in [2.45, 2.75) is 39.3 Å². The highest BCUT2D eigenvalue weighted by molar-refractivity contribution is 5.85. The van der Waals surface area contributed by atoms with Crippen LogP contribution in [-0.4, -0.2) is 17.6 Å². The van der Waals surface area contributed by atoms with Gasteiger partial charge < -0.3 is 15.6 Å². The van der Waals surface area contributed by atoms with Crippen molar-refractivity contribution < 1.29 is 23.0 Å². The summed E-state index contributed by atoms with van der Waals surface area (Å²) in [5.74, 6) is -0.346. The van der Waals surface area contributed by atoms with E-state index in [1.54, 1.807) is 26.8 Å². The zero-order chi connectivity index (χ0) is 14.8. The second kappa shape index (κ2) is 6.65. The highest BCUT2D eigenvalue weighted by atomic mass is 35.5. The number of alkyl halides is 3. The number of hydrogen-bond donors (Lipinski definition) is 2. The van der Waals surface area contributed by atoms with Crippen LogP contribution in [0.25, 0.3) is 0 Å². The Morgan fingerprint density at radius 1 is 1.20 bits per heavy atom. The first-order valence-electron chi connectivity index (χ1n) is 5.80. The maximum absolute atomic E-state index is 12.1. The van der Waals surface area contributed by atoms with E-state index in [0.717, 1.165) is 0 Å². The van der Waals surface area contributed by atoms with Crippen LogP contribution < -0.4 is 10.5 Å². The van der Waals surface area contributed by atoms with E-state index in [4.69, 9.17) is 5.73 Å².